The molecular formula is C10H17ClN2O. The van der Waals surface area contributed by atoms with Gasteiger partial charge < -0.3 is 4.74 Å². The Morgan fingerprint density at radius 2 is 2.43 bits per heavy atom. The molecule has 1 aliphatic rings. The minimum Gasteiger partial charge on any atom is -0.377 e. The average Bonchev–Trinajstić information content (AvgIpc) is 2.18. The van der Waals surface area contributed by atoms with Crippen LogP contribution in [0, 0.1) is 11.3 Å². The predicted molar refractivity (Wildman–Crippen MR) is 56.3 cm³/mol. The van der Waals surface area contributed by atoms with Crippen molar-refractivity contribution >= 4 is 11.6 Å². The van der Waals surface area contributed by atoms with Gasteiger partial charge in [0.15, 0.2) is 0 Å². The monoisotopic (exact) mass is 216 g/mol. The summed E-state index contributed by atoms with van der Waals surface area (Å²) in [7, 11) is 1.74. The van der Waals surface area contributed by atoms with Crippen LogP contribution in [0.25, 0.3) is 0 Å². The molecule has 0 spiro atoms. The lowest BCUT2D eigenvalue weighted by atomic mass is 9.95. The number of halogens is 1. The minimum absolute atomic E-state index is 0.0652. The molecule has 2 atom stereocenters. The smallest absolute Gasteiger partial charge is 0.133 e. The van der Waals surface area contributed by atoms with Gasteiger partial charge in [0.1, 0.15) is 5.38 Å². The third-order valence-electron chi connectivity index (χ3n) is 2.79. The summed E-state index contributed by atoms with van der Waals surface area (Å²) in [5.41, 5.74) is -0.0652. The second kappa shape index (κ2) is 4.97. The molecule has 0 amide bonds. The molecule has 14 heavy (non-hydrogen) atoms. The van der Waals surface area contributed by atoms with Gasteiger partial charge >= 0.3 is 0 Å². The summed E-state index contributed by atoms with van der Waals surface area (Å²) in [6.45, 7) is 4.63. The van der Waals surface area contributed by atoms with Gasteiger partial charge in [0.2, 0.25) is 0 Å². The van der Waals surface area contributed by atoms with E-state index in [4.69, 9.17) is 21.6 Å². The molecule has 0 saturated carbocycles. The Hall–Kier alpha value is -0.300. The van der Waals surface area contributed by atoms with Gasteiger partial charge in [-0.15, -0.1) is 11.6 Å². The molecule has 1 rings (SSSR count). The zero-order valence-corrected chi connectivity index (χ0v) is 9.55. The first-order chi connectivity index (χ1) is 6.59. The quantitative estimate of drug-likeness (QED) is 0.673. The van der Waals surface area contributed by atoms with Crippen molar-refractivity contribution in [3.05, 3.63) is 0 Å². The molecule has 1 heterocycles. The van der Waals surface area contributed by atoms with Gasteiger partial charge in [-0.1, -0.05) is 0 Å². The Morgan fingerprint density at radius 1 is 1.71 bits per heavy atom. The fourth-order valence-corrected chi connectivity index (χ4v) is 2.09. The van der Waals surface area contributed by atoms with Gasteiger partial charge in [-0.05, 0) is 26.3 Å². The number of likely N-dealkylation sites (tertiary alicyclic amines) is 1. The fourth-order valence-electron chi connectivity index (χ4n) is 1.90. The summed E-state index contributed by atoms with van der Waals surface area (Å²) < 4.78 is 5.46. The van der Waals surface area contributed by atoms with Gasteiger partial charge in [0.25, 0.3) is 0 Å². The summed E-state index contributed by atoms with van der Waals surface area (Å²) in [5, 5.41) is 8.20. The van der Waals surface area contributed by atoms with E-state index in [2.05, 4.69) is 11.8 Å². The topological polar surface area (TPSA) is 36.3 Å². The number of alkyl halides is 1. The van der Waals surface area contributed by atoms with Crippen molar-refractivity contribution in [1.82, 2.24) is 4.90 Å². The number of rotatable bonds is 3. The van der Waals surface area contributed by atoms with Crippen LogP contribution in [0.5, 0.6) is 0 Å². The lowest BCUT2D eigenvalue weighted by molar-refractivity contribution is -0.0498. The molecule has 0 aliphatic carbocycles. The predicted octanol–water partition coefficient (Wildman–Crippen LogP) is 1.62. The maximum absolute atomic E-state index is 8.61. The van der Waals surface area contributed by atoms with E-state index in [-0.39, 0.29) is 5.60 Å². The summed E-state index contributed by atoms with van der Waals surface area (Å²) in [6.07, 6.45) is 2.19. The first-order valence-corrected chi connectivity index (χ1v) is 5.34. The summed E-state index contributed by atoms with van der Waals surface area (Å²) in [5.74, 6) is 0. The van der Waals surface area contributed by atoms with Crippen LogP contribution in [0.1, 0.15) is 19.8 Å². The lowest BCUT2D eigenvalue weighted by Gasteiger charge is -2.39. The van der Waals surface area contributed by atoms with E-state index in [0.29, 0.717) is 6.54 Å². The van der Waals surface area contributed by atoms with Gasteiger partial charge in [-0.2, -0.15) is 5.26 Å². The van der Waals surface area contributed by atoms with Gasteiger partial charge in [0.05, 0.1) is 11.7 Å². The molecular weight excluding hydrogens is 200 g/mol. The fraction of sp³-hybridized carbons (Fsp3) is 0.900. The molecule has 3 nitrogen and oxygen atoms in total. The van der Waals surface area contributed by atoms with Crippen LogP contribution in [0.15, 0.2) is 0 Å². The standard InChI is InChI=1S/C10H17ClN2O/c1-10(14-2)4-3-5-13(8-10)7-9(11)6-12/h9H,3-5,7-8H2,1-2H3. The van der Waals surface area contributed by atoms with Crippen molar-refractivity contribution in [3.63, 3.8) is 0 Å². The van der Waals surface area contributed by atoms with Crippen molar-refractivity contribution in [1.29, 1.82) is 5.26 Å². The highest BCUT2D eigenvalue weighted by atomic mass is 35.5. The van der Waals surface area contributed by atoms with E-state index < -0.39 is 5.38 Å². The highest BCUT2D eigenvalue weighted by molar-refractivity contribution is 6.22. The van der Waals surface area contributed by atoms with Gasteiger partial charge in [-0.25, -0.2) is 0 Å². The van der Waals surface area contributed by atoms with Crippen molar-refractivity contribution in [2.75, 3.05) is 26.7 Å². The van der Waals surface area contributed by atoms with Crippen LogP contribution in [-0.2, 0) is 4.74 Å². The van der Waals surface area contributed by atoms with Crippen LogP contribution >= 0.6 is 11.6 Å². The summed E-state index contributed by atoms with van der Waals surface area (Å²) >= 11 is 5.79. The largest absolute Gasteiger partial charge is 0.377 e. The maximum atomic E-state index is 8.61. The van der Waals surface area contributed by atoms with Crippen LogP contribution in [-0.4, -0.2) is 42.6 Å². The molecule has 0 bridgehead atoms. The zero-order valence-electron chi connectivity index (χ0n) is 8.79. The number of nitrogens with zero attached hydrogens (tertiary/aromatic N) is 2. The molecule has 0 aromatic carbocycles. The molecule has 0 aromatic heterocycles. The number of piperidine rings is 1. The second-order valence-corrected chi connectivity index (χ2v) is 4.62. The molecule has 0 radical (unpaired) electrons. The van der Waals surface area contributed by atoms with Gasteiger partial charge in [0, 0.05) is 20.2 Å². The van der Waals surface area contributed by atoms with E-state index >= 15 is 0 Å². The highest BCUT2D eigenvalue weighted by Crippen LogP contribution is 2.24. The van der Waals surface area contributed by atoms with E-state index in [1.807, 2.05) is 6.07 Å². The molecule has 0 aromatic rings. The van der Waals surface area contributed by atoms with Crippen LogP contribution in [0.3, 0.4) is 0 Å². The van der Waals surface area contributed by atoms with Crippen molar-refractivity contribution < 1.29 is 4.74 Å². The number of nitriles is 1. The van der Waals surface area contributed by atoms with Crippen LogP contribution in [0.2, 0.25) is 0 Å². The maximum Gasteiger partial charge on any atom is 0.133 e. The Morgan fingerprint density at radius 3 is 3.00 bits per heavy atom. The summed E-state index contributed by atoms with van der Waals surface area (Å²) in [6, 6.07) is 2.04. The number of methoxy groups -OCH3 is 1. The molecule has 0 N–H and O–H groups in total. The Balaban J connectivity index is 2.45. The number of ether oxygens (including phenoxy) is 1. The van der Waals surface area contributed by atoms with E-state index in [0.717, 1.165) is 25.9 Å². The molecule has 1 fully saturated rings. The second-order valence-electron chi connectivity index (χ2n) is 4.09. The minimum atomic E-state index is -0.408. The summed E-state index contributed by atoms with van der Waals surface area (Å²) in [4.78, 5) is 2.20. The third kappa shape index (κ3) is 3.13. The normalized spacial score (nSPS) is 31.0. The lowest BCUT2D eigenvalue weighted by Crippen LogP contribution is -2.48. The zero-order chi connectivity index (χ0) is 10.6. The number of hydrogen-bond donors (Lipinski definition) is 0. The first-order valence-electron chi connectivity index (χ1n) is 4.91. The van der Waals surface area contributed by atoms with E-state index in [1.165, 1.54) is 0 Å². The Bertz CT molecular complexity index is 229. The third-order valence-corrected chi connectivity index (χ3v) is 3.03. The molecule has 4 heteroatoms. The first kappa shape index (κ1) is 11.8. The Labute approximate surface area is 90.6 Å². The van der Waals surface area contributed by atoms with Crippen LogP contribution in [0.4, 0.5) is 0 Å². The highest BCUT2D eigenvalue weighted by Gasteiger charge is 2.31. The van der Waals surface area contributed by atoms with Crippen molar-refractivity contribution in [2.45, 2.75) is 30.7 Å². The Kier molecular flexibility index (Phi) is 4.18. The molecule has 2 unspecified atom stereocenters. The van der Waals surface area contributed by atoms with E-state index in [1.54, 1.807) is 7.11 Å². The van der Waals surface area contributed by atoms with E-state index in [9.17, 15) is 0 Å². The van der Waals surface area contributed by atoms with Crippen LogP contribution < -0.4 is 0 Å². The molecule has 80 valence electrons. The van der Waals surface area contributed by atoms with Gasteiger partial charge in [-0.3, -0.25) is 4.90 Å². The number of hydrogen-bond acceptors (Lipinski definition) is 3. The van der Waals surface area contributed by atoms with Crippen molar-refractivity contribution in [2.24, 2.45) is 0 Å². The average molecular weight is 217 g/mol. The molecule has 1 aliphatic heterocycles. The SMILES string of the molecule is COC1(C)CCCN(CC(Cl)C#N)C1. The molecule has 1 saturated heterocycles. The van der Waals surface area contributed by atoms with Crippen molar-refractivity contribution in [3.8, 4) is 6.07 Å².